The van der Waals surface area contributed by atoms with E-state index in [1.54, 1.807) is 6.92 Å². The SMILES string of the molecule is Cc1cc(=O)cc(C(=O)N2CCCC3(CCc4cnc(-c5ccccc5)nc43)C2)[nH]1. The fourth-order valence-electron chi connectivity index (χ4n) is 4.94. The molecule has 1 aliphatic carbocycles. The van der Waals surface area contributed by atoms with Crippen LogP contribution in [0.3, 0.4) is 0 Å². The molecule has 3 aromatic rings. The van der Waals surface area contributed by atoms with E-state index in [0.29, 0.717) is 24.5 Å². The molecule has 6 heteroatoms. The van der Waals surface area contributed by atoms with Gasteiger partial charge in [0, 0.05) is 48.1 Å². The number of nitrogens with zero attached hydrogens (tertiary/aromatic N) is 3. The lowest BCUT2D eigenvalue weighted by Crippen LogP contribution is -2.48. The number of carbonyl (C=O) groups is 1. The van der Waals surface area contributed by atoms with Gasteiger partial charge in [-0.15, -0.1) is 0 Å². The summed E-state index contributed by atoms with van der Waals surface area (Å²) in [6.45, 7) is 3.12. The van der Waals surface area contributed by atoms with E-state index in [4.69, 9.17) is 4.98 Å². The van der Waals surface area contributed by atoms with Crippen LogP contribution in [0.4, 0.5) is 0 Å². The maximum Gasteiger partial charge on any atom is 0.270 e. The van der Waals surface area contributed by atoms with Crippen molar-refractivity contribution in [3.63, 3.8) is 0 Å². The van der Waals surface area contributed by atoms with Crippen LogP contribution in [0.2, 0.25) is 0 Å². The summed E-state index contributed by atoms with van der Waals surface area (Å²) >= 11 is 0. The minimum absolute atomic E-state index is 0.110. The Hall–Kier alpha value is -3.28. The zero-order chi connectivity index (χ0) is 20.7. The number of hydrogen-bond donors (Lipinski definition) is 1. The Bertz CT molecular complexity index is 1170. The molecule has 1 aliphatic heterocycles. The number of aromatic amines is 1. The van der Waals surface area contributed by atoms with Crippen molar-refractivity contribution in [1.29, 1.82) is 0 Å². The van der Waals surface area contributed by atoms with E-state index >= 15 is 0 Å². The van der Waals surface area contributed by atoms with Crippen LogP contribution in [0.5, 0.6) is 0 Å². The molecule has 3 heterocycles. The lowest BCUT2D eigenvalue weighted by Gasteiger charge is -2.40. The van der Waals surface area contributed by atoms with Crippen LogP contribution in [-0.2, 0) is 11.8 Å². The molecular weight excluding hydrogens is 376 g/mol. The number of piperidine rings is 1. The first kappa shape index (κ1) is 18.7. The quantitative estimate of drug-likeness (QED) is 0.716. The Morgan fingerprint density at radius 1 is 1.17 bits per heavy atom. The molecule has 2 aromatic heterocycles. The molecule has 1 spiro atoms. The highest BCUT2D eigenvalue weighted by molar-refractivity contribution is 5.92. The van der Waals surface area contributed by atoms with Gasteiger partial charge in [0.15, 0.2) is 11.3 Å². The molecule has 0 saturated carbocycles. The molecular formula is C24H24N4O2. The molecule has 152 valence electrons. The Labute approximate surface area is 175 Å². The summed E-state index contributed by atoms with van der Waals surface area (Å²) in [5.74, 6) is 0.628. The summed E-state index contributed by atoms with van der Waals surface area (Å²) in [6.07, 6.45) is 5.81. The molecule has 1 fully saturated rings. The summed E-state index contributed by atoms with van der Waals surface area (Å²) in [5, 5.41) is 0. The van der Waals surface area contributed by atoms with Gasteiger partial charge in [0.05, 0.1) is 5.69 Å². The third kappa shape index (κ3) is 3.22. The predicted octanol–water partition coefficient (Wildman–Crippen LogP) is 3.26. The van der Waals surface area contributed by atoms with Gasteiger partial charge in [-0.3, -0.25) is 9.59 Å². The molecule has 2 aliphatic rings. The molecule has 1 atom stereocenters. The third-order valence-corrected chi connectivity index (χ3v) is 6.34. The largest absolute Gasteiger partial charge is 0.354 e. The van der Waals surface area contributed by atoms with Crippen molar-refractivity contribution in [3.05, 3.63) is 81.5 Å². The molecule has 5 rings (SSSR count). The van der Waals surface area contributed by atoms with Crippen molar-refractivity contribution >= 4 is 5.91 Å². The maximum absolute atomic E-state index is 13.2. The number of nitrogens with one attached hydrogen (secondary N) is 1. The summed E-state index contributed by atoms with van der Waals surface area (Å²) in [4.78, 5) is 39.6. The molecule has 0 bridgehead atoms. The van der Waals surface area contributed by atoms with Crippen molar-refractivity contribution in [2.75, 3.05) is 13.1 Å². The number of aromatic nitrogens is 3. The van der Waals surface area contributed by atoms with E-state index in [1.165, 1.54) is 17.7 Å². The van der Waals surface area contributed by atoms with Crippen LogP contribution < -0.4 is 5.43 Å². The first-order valence-corrected chi connectivity index (χ1v) is 10.5. The number of rotatable bonds is 2. The monoisotopic (exact) mass is 400 g/mol. The molecule has 1 saturated heterocycles. The van der Waals surface area contributed by atoms with Gasteiger partial charge in [-0.05, 0) is 38.2 Å². The highest BCUT2D eigenvalue weighted by Gasteiger charge is 2.45. The molecule has 6 nitrogen and oxygen atoms in total. The van der Waals surface area contributed by atoms with E-state index < -0.39 is 0 Å². The molecule has 1 amide bonds. The van der Waals surface area contributed by atoms with Gasteiger partial charge in [-0.2, -0.15) is 0 Å². The van der Waals surface area contributed by atoms with E-state index in [2.05, 4.69) is 9.97 Å². The highest BCUT2D eigenvalue weighted by Crippen LogP contribution is 2.44. The average molecular weight is 400 g/mol. The van der Waals surface area contributed by atoms with Crippen molar-refractivity contribution in [3.8, 4) is 11.4 Å². The first-order valence-electron chi connectivity index (χ1n) is 10.5. The van der Waals surface area contributed by atoms with Gasteiger partial charge in [-0.25, -0.2) is 9.97 Å². The van der Waals surface area contributed by atoms with Gasteiger partial charge in [-0.1, -0.05) is 30.3 Å². The Morgan fingerprint density at radius 2 is 2.00 bits per heavy atom. The zero-order valence-corrected chi connectivity index (χ0v) is 17.0. The summed E-state index contributed by atoms with van der Waals surface area (Å²) in [6, 6.07) is 12.9. The standard InChI is InChI=1S/C24H24N4O2/c1-16-12-19(29)13-20(26-16)23(30)28-11-5-9-24(15-28)10-8-18-14-25-22(27-21(18)24)17-6-3-2-4-7-17/h2-4,6-7,12-14H,5,8-11,15H2,1H3,(H,26,29). The smallest absolute Gasteiger partial charge is 0.270 e. The fourth-order valence-corrected chi connectivity index (χ4v) is 4.94. The number of amides is 1. The molecule has 30 heavy (non-hydrogen) atoms. The minimum atomic E-state index is -0.146. The van der Waals surface area contributed by atoms with Crippen molar-refractivity contribution in [2.45, 2.75) is 38.0 Å². The molecule has 1 aromatic carbocycles. The normalized spacial score (nSPS) is 20.4. The Balaban J connectivity index is 1.48. The fraction of sp³-hybridized carbons (Fsp3) is 0.333. The number of H-pyrrole nitrogens is 1. The number of fused-ring (bicyclic) bond motifs is 2. The van der Waals surface area contributed by atoms with Crippen LogP contribution >= 0.6 is 0 Å². The van der Waals surface area contributed by atoms with E-state index in [0.717, 1.165) is 42.8 Å². The van der Waals surface area contributed by atoms with Crippen LogP contribution in [0, 0.1) is 6.92 Å². The van der Waals surface area contributed by atoms with Gasteiger partial charge in [0.2, 0.25) is 0 Å². The second kappa shape index (κ2) is 7.20. The maximum atomic E-state index is 13.2. The average Bonchev–Trinajstić information content (AvgIpc) is 3.10. The van der Waals surface area contributed by atoms with Crippen LogP contribution in [-0.4, -0.2) is 38.8 Å². The van der Waals surface area contributed by atoms with Gasteiger partial charge in [0.25, 0.3) is 5.91 Å². The van der Waals surface area contributed by atoms with E-state index in [1.807, 2.05) is 41.4 Å². The summed E-state index contributed by atoms with van der Waals surface area (Å²) < 4.78 is 0. The lowest BCUT2D eigenvalue weighted by atomic mass is 9.77. The van der Waals surface area contributed by atoms with Gasteiger partial charge in [0.1, 0.15) is 5.69 Å². The molecule has 0 radical (unpaired) electrons. The van der Waals surface area contributed by atoms with Gasteiger partial charge >= 0.3 is 0 Å². The van der Waals surface area contributed by atoms with Gasteiger partial charge < -0.3 is 9.88 Å². The number of likely N-dealkylation sites (tertiary alicyclic amines) is 1. The predicted molar refractivity (Wildman–Crippen MR) is 114 cm³/mol. The number of benzene rings is 1. The lowest BCUT2D eigenvalue weighted by molar-refractivity contribution is 0.0627. The van der Waals surface area contributed by atoms with Crippen LogP contribution in [0.25, 0.3) is 11.4 Å². The topological polar surface area (TPSA) is 79.0 Å². The first-order chi connectivity index (χ1) is 14.5. The minimum Gasteiger partial charge on any atom is -0.354 e. The molecule has 1 unspecified atom stereocenters. The number of pyridine rings is 1. The van der Waals surface area contributed by atoms with E-state index in [-0.39, 0.29) is 16.8 Å². The third-order valence-electron chi connectivity index (χ3n) is 6.34. The second-order valence-electron chi connectivity index (χ2n) is 8.46. The summed E-state index contributed by atoms with van der Waals surface area (Å²) in [7, 11) is 0. The van der Waals surface area contributed by atoms with E-state index in [9.17, 15) is 9.59 Å². The molecule has 1 N–H and O–H groups in total. The van der Waals surface area contributed by atoms with Crippen molar-refractivity contribution in [1.82, 2.24) is 19.9 Å². The Kier molecular flexibility index (Phi) is 4.50. The summed E-state index contributed by atoms with van der Waals surface area (Å²) in [5.41, 5.74) is 4.06. The highest BCUT2D eigenvalue weighted by atomic mass is 16.2. The Morgan fingerprint density at radius 3 is 2.80 bits per heavy atom. The zero-order valence-electron chi connectivity index (χ0n) is 17.0. The van der Waals surface area contributed by atoms with Crippen LogP contribution in [0.1, 0.15) is 46.7 Å². The second-order valence-corrected chi connectivity index (χ2v) is 8.46. The number of carbonyl (C=O) groups excluding carboxylic acids is 1. The van der Waals surface area contributed by atoms with Crippen LogP contribution in [0.15, 0.2) is 53.5 Å². The van der Waals surface area contributed by atoms with Crippen molar-refractivity contribution < 1.29 is 4.79 Å². The number of hydrogen-bond acceptors (Lipinski definition) is 4. The number of aryl methyl sites for hydroxylation is 2. The van der Waals surface area contributed by atoms with Crippen molar-refractivity contribution in [2.24, 2.45) is 0 Å².